The van der Waals surface area contributed by atoms with Gasteiger partial charge in [-0.25, -0.2) is 4.98 Å². The highest BCUT2D eigenvalue weighted by molar-refractivity contribution is 5.80. The van der Waals surface area contributed by atoms with Crippen molar-refractivity contribution >= 4 is 17.0 Å². The van der Waals surface area contributed by atoms with Gasteiger partial charge in [-0.05, 0) is 18.2 Å². The van der Waals surface area contributed by atoms with Crippen LogP contribution in [0.5, 0.6) is 5.75 Å². The van der Waals surface area contributed by atoms with Crippen LogP contribution in [0.1, 0.15) is 0 Å². The standard InChI is InChI=1S/C13H12N4O/c1-18-12-5-3-2-4-11(12)17-10-6-7-15-8-9(10)16-13(17)14/h2-8H,1H3,(H2,14,16). The molecule has 0 aliphatic rings. The Bertz CT molecular complexity index is 705. The van der Waals surface area contributed by atoms with Crippen molar-refractivity contribution in [1.82, 2.24) is 14.5 Å². The van der Waals surface area contributed by atoms with Gasteiger partial charge in [0.05, 0.1) is 24.5 Å². The average Bonchev–Trinajstić information content (AvgIpc) is 2.74. The second-order valence-electron chi connectivity index (χ2n) is 3.84. The first-order chi connectivity index (χ1) is 8.81. The number of nitrogens with zero attached hydrogens (tertiary/aromatic N) is 3. The van der Waals surface area contributed by atoms with Crippen molar-refractivity contribution < 1.29 is 4.74 Å². The van der Waals surface area contributed by atoms with Gasteiger partial charge in [0, 0.05) is 6.20 Å². The number of nitrogen functional groups attached to an aromatic ring is 1. The fraction of sp³-hybridized carbons (Fsp3) is 0.0769. The molecule has 3 aromatic rings. The molecule has 0 bridgehead atoms. The SMILES string of the molecule is COc1ccccc1-n1c(N)nc2cnccc21. The molecule has 2 N–H and O–H groups in total. The molecule has 3 rings (SSSR count). The molecular formula is C13H12N4O. The van der Waals surface area contributed by atoms with Crippen molar-refractivity contribution in [3.8, 4) is 11.4 Å². The number of fused-ring (bicyclic) bond motifs is 1. The summed E-state index contributed by atoms with van der Waals surface area (Å²) in [6.45, 7) is 0. The number of nitrogens with two attached hydrogens (primary N) is 1. The molecule has 0 fully saturated rings. The largest absolute Gasteiger partial charge is 0.495 e. The molecule has 0 spiro atoms. The fourth-order valence-corrected chi connectivity index (χ4v) is 2.02. The van der Waals surface area contributed by atoms with E-state index in [4.69, 9.17) is 10.5 Å². The molecule has 1 aromatic carbocycles. The van der Waals surface area contributed by atoms with E-state index >= 15 is 0 Å². The monoisotopic (exact) mass is 240 g/mol. The van der Waals surface area contributed by atoms with Gasteiger partial charge < -0.3 is 10.5 Å². The van der Waals surface area contributed by atoms with Crippen LogP contribution in [0.3, 0.4) is 0 Å². The minimum Gasteiger partial charge on any atom is -0.495 e. The molecule has 0 radical (unpaired) electrons. The number of methoxy groups -OCH3 is 1. The molecule has 0 aliphatic heterocycles. The quantitative estimate of drug-likeness (QED) is 0.744. The number of hydrogen-bond acceptors (Lipinski definition) is 4. The van der Waals surface area contributed by atoms with E-state index in [-0.39, 0.29) is 0 Å². The van der Waals surface area contributed by atoms with E-state index in [0.717, 1.165) is 22.5 Å². The molecule has 0 amide bonds. The van der Waals surface area contributed by atoms with Crippen molar-refractivity contribution in [2.75, 3.05) is 12.8 Å². The summed E-state index contributed by atoms with van der Waals surface area (Å²) in [6.07, 6.45) is 3.41. The summed E-state index contributed by atoms with van der Waals surface area (Å²) < 4.78 is 7.21. The Morgan fingerprint density at radius 2 is 2.06 bits per heavy atom. The number of imidazole rings is 1. The third-order valence-electron chi connectivity index (χ3n) is 2.81. The molecule has 0 saturated carbocycles. The van der Waals surface area contributed by atoms with E-state index in [1.165, 1.54) is 0 Å². The topological polar surface area (TPSA) is 66.0 Å². The Morgan fingerprint density at radius 3 is 2.89 bits per heavy atom. The van der Waals surface area contributed by atoms with Gasteiger partial charge in [-0.1, -0.05) is 12.1 Å². The maximum absolute atomic E-state index is 5.98. The molecule has 18 heavy (non-hydrogen) atoms. The van der Waals surface area contributed by atoms with Crippen LogP contribution in [0.2, 0.25) is 0 Å². The number of para-hydroxylation sites is 2. The summed E-state index contributed by atoms with van der Waals surface area (Å²) in [7, 11) is 1.63. The third kappa shape index (κ3) is 1.48. The van der Waals surface area contributed by atoms with Gasteiger partial charge in [-0.3, -0.25) is 9.55 Å². The van der Waals surface area contributed by atoms with E-state index in [1.807, 2.05) is 34.9 Å². The summed E-state index contributed by atoms with van der Waals surface area (Å²) >= 11 is 0. The second-order valence-corrected chi connectivity index (χ2v) is 3.84. The van der Waals surface area contributed by atoms with E-state index in [0.29, 0.717) is 5.95 Å². The van der Waals surface area contributed by atoms with Crippen LogP contribution < -0.4 is 10.5 Å². The van der Waals surface area contributed by atoms with Crippen LogP contribution in [-0.4, -0.2) is 21.6 Å². The highest BCUT2D eigenvalue weighted by atomic mass is 16.5. The van der Waals surface area contributed by atoms with Crippen molar-refractivity contribution in [3.05, 3.63) is 42.7 Å². The Kier molecular flexibility index (Phi) is 2.37. The zero-order chi connectivity index (χ0) is 12.5. The molecule has 0 aliphatic carbocycles. The number of hydrogen-bond donors (Lipinski definition) is 1. The minimum atomic E-state index is 0.419. The lowest BCUT2D eigenvalue weighted by atomic mass is 10.3. The van der Waals surface area contributed by atoms with E-state index in [2.05, 4.69) is 9.97 Å². The molecule has 2 heterocycles. The Hall–Kier alpha value is -2.56. The molecule has 90 valence electrons. The first kappa shape index (κ1) is 10.6. The summed E-state index contributed by atoms with van der Waals surface area (Å²) in [5, 5.41) is 0. The van der Waals surface area contributed by atoms with Crippen LogP contribution in [0.15, 0.2) is 42.7 Å². The lowest BCUT2D eigenvalue weighted by Gasteiger charge is -2.10. The van der Waals surface area contributed by atoms with Gasteiger partial charge in [0.25, 0.3) is 0 Å². The first-order valence-corrected chi connectivity index (χ1v) is 5.52. The molecule has 0 atom stereocenters. The third-order valence-corrected chi connectivity index (χ3v) is 2.81. The molecule has 5 heteroatoms. The normalized spacial score (nSPS) is 10.7. The van der Waals surface area contributed by atoms with Crippen LogP contribution >= 0.6 is 0 Å². The van der Waals surface area contributed by atoms with E-state index < -0.39 is 0 Å². The number of rotatable bonds is 2. The maximum Gasteiger partial charge on any atom is 0.206 e. The molecule has 5 nitrogen and oxygen atoms in total. The van der Waals surface area contributed by atoms with Gasteiger partial charge in [0.2, 0.25) is 5.95 Å². The first-order valence-electron chi connectivity index (χ1n) is 5.52. The van der Waals surface area contributed by atoms with Crippen molar-refractivity contribution in [3.63, 3.8) is 0 Å². The lowest BCUT2D eigenvalue weighted by Crippen LogP contribution is -2.02. The molecule has 0 unspecified atom stereocenters. The van der Waals surface area contributed by atoms with Crippen molar-refractivity contribution in [1.29, 1.82) is 0 Å². The second kappa shape index (κ2) is 4.03. The van der Waals surface area contributed by atoms with Gasteiger partial charge in [0.1, 0.15) is 11.3 Å². The number of aromatic nitrogens is 3. The van der Waals surface area contributed by atoms with Crippen LogP contribution in [-0.2, 0) is 0 Å². The predicted molar refractivity (Wildman–Crippen MR) is 69.8 cm³/mol. The lowest BCUT2D eigenvalue weighted by molar-refractivity contribution is 0.413. The van der Waals surface area contributed by atoms with Crippen molar-refractivity contribution in [2.45, 2.75) is 0 Å². The minimum absolute atomic E-state index is 0.419. The molecule has 2 aromatic heterocycles. The Labute approximate surface area is 104 Å². The van der Waals surface area contributed by atoms with Gasteiger partial charge in [0.15, 0.2) is 0 Å². The maximum atomic E-state index is 5.98. The van der Waals surface area contributed by atoms with Crippen molar-refractivity contribution in [2.24, 2.45) is 0 Å². The fourth-order valence-electron chi connectivity index (χ4n) is 2.02. The smallest absolute Gasteiger partial charge is 0.206 e. The van der Waals surface area contributed by atoms with Crippen LogP contribution in [0, 0.1) is 0 Å². The van der Waals surface area contributed by atoms with Gasteiger partial charge in [-0.15, -0.1) is 0 Å². The highest BCUT2D eigenvalue weighted by Crippen LogP contribution is 2.28. The van der Waals surface area contributed by atoms with E-state index in [9.17, 15) is 0 Å². The van der Waals surface area contributed by atoms with Crippen LogP contribution in [0.4, 0.5) is 5.95 Å². The Morgan fingerprint density at radius 1 is 1.22 bits per heavy atom. The van der Waals surface area contributed by atoms with Gasteiger partial charge >= 0.3 is 0 Å². The summed E-state index contributed by atoms with van der Waals surface area (Å²) in [5.74, 6) is 1.17. The number of ether oxygens (including phenoxy) is 1. The molecule has 0 saturated heterocycles. The summed E-state index contributed by atoms with van der Waals surface area (Å²) in [6, 6.07) is 9.56. The highest BCUT2D eigenvalue weighted by Gasteiger charge is 2.12. The molecular weight excluding hydrogens is 228 g/mol. The number of benzene rings is 1. The Balaban J connectivity index is 2.34. The summed E-state index contributed by atoms with van der Waals surface area (Å²) in [4.78, 5) is 8.33. The number of pyridine rings is 1. The summed E-state index contributed by atoms with van der Waals surface area (Å²) in [5.41, 5.74) is 8.52. The average molecular weight is 240 g/mol. The predicted octanol–water partition coefficient (Wildman–Crippen LogP) is 2.01. The van der Waals surface area contributed by atoms with Crippen LogP contribution in [0.25, 0.3) is 16.7 Å². The number of anilines is 1. The zero-order valence-corrected chi connectivity index (χ0v) is 9.87. The van der Waals surface area contributed by atoms with Gasteiger partial charge in [-0.2, -0.15) is 0 Å². The van der Waals surface area contributed by atoms with E-state index in [1.54, 1.807) is 19.5 Å². The zero-order valence-electron chi connectivity index (χ0n) is 9.87.